The fraction of sp³-hybridized carbons (Fsp3) is 0.455. The summed E-state index contributed by atoms with van der Waals surface area (Å²) in [5.41, 5.74) is 5.57. The average molecular weight is 534 g/mol. The minimum atomic E-state index is -0.893. The molecule has 0 amide bonds. The molecule has 3 N–H and O–H groups in total. The summed E-state index contributed by atoms with van der Waals surface area (Å²) in [5, 5.41) is 29.4. The number of benzene rings is 3. The van der Waals surface area contributed by atoms with Crippen LogP contribution in [0.25, 0.3) is 0 Å². The summed E-state index contributed by atoms with van der Waals surface area (Å²) < 4.78 is 12.1. The van der Waals surface area contributed by atoms with Gasteiger partial charge in [-0.25, -0.2) is 0 Å². The molecule has 3 aromatic carbocycles. The average Bonchev–Trinajstić information content (AvgIpc) is 3.28. The summed E-state index contributed by atoms with van der Waals surface area (Å²) in [4.78, 5) is 2.24. The lowest BCUT2D eigenvalue weighted by Gasteiger charge is -2.34. The van der Waals surface area contributed by atoms with Crippen molar-refractivity contribution in [3.63, 3.8) is 0 Å². The Morgan fingerprint density at radius 3 is 2.08 bits per heavy atom. The lowest BCUT2D eigenvalue weighted by molar-refractivity contribution is 0.0534. The Labute approximate surface area is 232 Å². The maximum absolute atomic E-state index is 10.7. The van der Waals surface area contributed by atoms with E-state index in [0.29, 0.717) is 18.8 Å². The number of hydrogen-bond donors (Lipinski definition) is 3. The number of aliphatic hydroxyl groups excluding tert-OH is 3. The van der Waals surface area contributed by atoms with E-state index in [1.165, 1.54) is 16.7 Å². The Hall–Kier alpha value is -2.90. The van der Waals surface area contributed by atoms with E-state index in [9.17, 15) is 10.2 Å². The lowest BCUT2D eigenvalue weighted by Crippen LogP contribution is -2.30. The molecule has 1 aliphatic rings. The summed E-state index contributed by atoms with van der Waals surface area (Å²) in [6.07, 6.45) is 0.180. The van der Waals surface area contributed by atoms with Crippen LogP contribution in [-0.4, -0.2) is 64.8 Å². The van der Waals surface area contributed by atoms with Crippen LogP contribution in [0, 0.1) is 13.8 Å². The van der Waals surface area contributed by atoms with Crippen molar-refractivity contribution in [2.75, 3.05) is 26.3 Å². The number of hydrogen-bond acceptors (Lipinski definition) is 6. The number of likely N-dealkylation sites (tertiary alicyclic amines) is 1. The number of nitrogens with zero attached hydrogens (tertiary/aromatic N) is 1. The smallest absolute Gasteiger partial charge is 0.138 e. The molecule has 0 radical (unpaired) electrons. The van der Waals surface area contributed by atoms with Crippen molar-refractivity contribution in [1.29, 1.82) is 0 Å². The third-order valence-corrected chi connectivity index (χ3v) is 8.14. The highest BCUT2D eigenvalue weighted by Gasteiger charge is 2.34. The van der Waals surface area contributed by atoms with Gasteiger partial charge in [-0.15, -0.1) is 0 Å². The molecule has 1 saturated heterocycles. The molecular formula is C33H43NO5. The fourth-order valence-corrected chi connectivity index (χ4v) is 5.74. The molecule has 1 aliphatic heterocycles. The molecule has 4 rings (SSSR count). The predicted octanol–water partition coefficient (Wildman–Crippen LogP) is 4.77. The van der Waals surface area contributed by atoms with Crippen molar-refractivity contribution in [2.45, 2.75) is 70.8 Å². The van der Waals surface area contributed by atoms with Crippen LogP contribution in [0.3, 0.4) is 0 Å². The van der Waals surface area contributed by atoms with Gasteiger partial charge in [-0.2, -0.15) is 0 Å². The third kappa shape index (κ3) is 6.64. The van der Waals surface area contributed by atoms with E-state index in [-0.39, 0.29) is 24.7 Å². The van der Waals surface area contributed by atoms with Crippen molar-refractivity contribution < 1.29 is 24.8 Å². The zero-order valence-corrected chi connectivity index (χ0v) is 23.6. The molecule has 0 bridgehead atoms. The number of β-amino-alcohol motifs (C(OH)–C–C–N with tert-alkyl or cyclic N) is 1. The van der Waals surface area contributed by atoms with Gasteiger partial charge in [0.25, 0.3) is 0 Å². The number of ether oxygens (including phenoxy) is 2. The van der Waals surface area contributed by atoms with Crippen molar-refractivity contribution >= 4 is 0 Å². The summed E-state index contributed by atoms with van der Waals surface area (Å²) in [7, 11) is 0. The first kappa shape index (κ1) is 29.1. The van der Waals surface area contributed by atoms with Crippen molar-refractivity contribution in [1.82, 2.24) is 4.90 Å². The predicted molar refractivity (Wildman–Crippen MR) is 154 cm³/mol. The monoisotopic (exact) mass is 533 g/mol. The maximum atomic E-state index is 10.7. The normalized spacial score (nSPS) is 18.7. The van der Waals surface area contributed by atoms with Gasteiger partial charge in [-0.3, -0.25) is 4.90 Å². The zero-order chi connectivity index (χ0) is 28.0. The maximum Gasteiger partial charge on any atom is 0.138 e. The van der Waals surface area contributed by atoms with Gasteiger partial charge in [-0.05, 0) is 66.6 Å². The second kappa shape index (κ2) is 13.0. The quantitative estimate of drug-likeness (QED) is 0.311. The van der Waals surface area contributed by atoms with Gasteiger partial charge in [0.15, 0.2) is 0 Å². The molecule has 3 atom stereocenters. The SMILES string of the molecule is CCC(CC)(c1ccc(OC[C@@H](O)CO)c(C)c1)c1ccc(O[C@@H]2CN(Cc3ccccc3)C[C@@H]2O)c(C)c1. The van der Waals surface area contributed by atoms with Crippen LogP contribution in [0.1, 0.15) is 54.5 Å². The summed E-state index contributed by atoms with van der Waals surface area (Å²) in [6.45, 7) is 10.4. The number of aliphatic hydroxyl groups is 3. The zero-order valence-electron chi connectivity index (χ0n) is 23.6. The van der Waals surface area contributed by atoms with Crippen LogP contribution >= 0.6 is 0 Å². The molecule has 1 fully saturated rings. The molecule has 0 aromatic heterocycles. The van der Waals surface area contributed by atoms with E-state index in [4.69, 9.17) is 14.6 Å². The Kier molecular flexibility index (Phi) is 9.67. The van der Waals surface area contributed by atoms with Crippen LogP contribution in [-0.2, 0) is 12.0 Å². The second-order valence-corrected chi connectivity index (χ2v) is 10.8. The van der Waals surface area contributed by atoms with Gasteiger partial charge in [-0.1, -0.05) is 68.4 Å². The van der Waals surface area contributed by atoms with Gasteiger partial charge in [0, 0.05) is 25.0 Å². The number of aryl methyl sites for hydroxylation is 2. The molecule has 0 spiro atoms. The molecule has 0 aliphatic carbocycles. The third-order valence-electron chi connectivity index (χ3n) is 8.14. The molecular weight excluding hydrogens is 490 g/mol. The first-order valence-electron chi connectivity index (χ1n) is 14.0. The van der Waals surface area contributed by atoms with Crippen LogP contribution in [0.4, 0.5) is 0 Å². The van der Waals surface area contributed by atoms with Crippen LogP contribution in [0.5, 0.6) is 11.5 Å². The van der Waals surface area contributed by atoms with E-state index in [1.54, 1.807) is 0 Å². The Bertz CT molecular complexity index is 1210. The molecule has 0 unspecified atom stereocenters. The molecule has 1 heterocycles. The van der Waals surface area contributed by atoms with Gasteiger partial charge in [0.1, 0.15) is 36.4 Å². The highest BCUT2D eigenvalue weighted by Crippen LogP contribution is 2.41. The topological polar surface area (TPSA) is 82.4 Å². The first-order valence-corrected chi connectivity index (χ1v) is 14.0. The summed E-state index contributed by atoms with van der Waals surface area (Å²) in [6, 6.07) is 23.0. The Balaban J connectivity index is 1.50. The largest absolute Gasteiger partial charge is 0.491 e. The Morgan fingerprint density at radius 2 is 1.51 bits per heavy atom. The van der Waals surface area contributed by atoms with E-state index in [2.05, 4.69) is 68.1 Å². The fourth-order valence-electron chi connectivity index (χ4n) is 5.74. The molecule has 6 nitrogen and oxygen atoms in total. The van der Waals surface area contributed by atoms with Crippen molar-refractivity contribution in [3.05, 3.63) is 94.5 Å². The van der Waals surface area contributed by atoms with Crippen molar-refractivity contribution in [3.8, 4) is 11.5 Å². The van der Waals surface area contributed by atoms with E-state index >= 15 is 0 Å². The molecule has 3 aromatic rings. The summed E-state index contributed by atoms with van der Waals surface area (Å²) >= 11 is 0. The number of rotatable bonds is 12. The van der Waals surface area contributed by atoms with Crippen molar-refractivity contribution in [2.24, 2.45) is 0 Å². The van der Waals surface area contributed by atoms with Gasteiger partial charge in [0.2, 0.25) is 0 Å². The van der Waals surface area contributed by atoms with Gasteiger partial charge in [0.05, 0.1) is 6.61 Å². The van der Waals surface area contributed by atoms with E-state index in [0.717, 1.165) is 36.3 Å². The van der Waals surface area contributed by atoms with E-state index < -0.39 is 12.2 Å². The molecule has 0 saturated carbocycles. The van der Waals surface area contributed by atoms with Gasteiger partial charge >= 0.3 is 0 Å². The standard InChI is InChI=1S/C33H43NO5/c1-5-33(6-2,26-12-14-30(23(3)16-26)38-22-28(36)21-35)27-13-15-31(24(4)17-27)39-32-20-34(19-29(32)37)18-25-10-8-7-9-11-25/h7-17,28-29,32,35-37H,5-6,18-22H2,1-4H3/t28-,29-,32+/m0/s1. The Morgan fingerprint density at radius 1 is 0.897 bits per heavy atom. The first-order chi connectivity index (χ1) is 18.8. The molecule has 6 heteroatoms. The molecule has 39 heavy (non-hydrogen) atoms. The highest BCUT2D eigenvalue weighted by molar-refractivity contribution is 5.48. The van der Waals surface area contributed by atoms with Crippen LogP contribution in [0.2, 0.25) is 0 Å². The van der Waals surface area contributed by atoms with Crippen LogP contribution in [0.15, 0.2) is 66.7 Å². The lowest BCUT2D eigenvalue weighted by atomic mass is 9.70. The minimum Gasteiger partial charge on any atom is -0.491 e. The van der Waals surface area contributed by atoms with E-state index in [1.807, 2.05) is 31.2 Å². The summed E-state index contributed by atoms with van der Waals surface area (Å²) in [5.74, 6) is 1.52. The van der Waals surface area contributed by atoms with Gasteiger partial charge < -0.3 is 24.8 Å². The minimum absolute atomic E-state index is 0.0593. The highest BCUT2D eigenvalue weighted by atomic mass is 16.5. The molecule has 210 valence electrons. The second-order valence-electron chi connectivity index (χ2n) is 10.8. The van der Waals surface area contributed by atoms with Crippen LogP contribution < -0.4 is 9.47 Å².